The van der Waals surface area contributed by atoms with Crippen LogP contribution in [0.5, 0.6) is 0 Å². The number of anilines is 1. The molecule has 6 nitrogen and oxygen atoms in total. The van der Waals surface area contributed by atoms with E-state index in [-0.39, 0.29) is 11.6 Å². The van der Waals surface area contributed by atoms with Crippen molar-refractivity contribution in [2.24, 2.45) is 0 Å². The molecule has 0 aliphatic rings. The fourth-order valence-corrected chi connectivity index (χ4v) is 1.67. The van der Waals surface area contributed by atoms with E-state index in [9.17, 15) is 9.18 Å². The van der Waals surface area contributed by atoms with E-state index in [2.05, 4.69) is 20.8 Å². The van der Waals surface area contributed by atoms with Gasteiger partial charge in [-0.2, -0.15) is 4.98 Å². The number of hydrogen-bond acceptors (Lipinski definition) is 4. The minimum absolute atomic E-state index is 0.0103. The molecule has 0 bridgehead atoms. The molecule has 0 aliphatic heterocycles. The first kappa shape index (κ1) is 14.3. The van der Waals surface area contributed by atoms with Crippen LogP contribution in [-0.2, 0) is 0 Å². The van der Waals surface area contributed by atoms with E-state index in [1.165, 1.54) is 18.2 Å². The molecule has 0 saturated heterocycles. The highest BCUT2D eigenvalue weighted by Crippen LogP contribution is 2.19. The van der Waals surface area contributed by atoms with Gasteiger partial charge in [-0.3, -0.25) is 0 Å². The minimum atomic E-state index is -0.602. The third-order valence-corrected chi connectivity index (χ3v) is 2.67. The zero-order chi connectivity index (χ0) is 14.7. The summed E-state index contributed by atoms with van der Waals surface area (Å²) in [4.78, 5) is 15.7. The molecule has 0 unspecified atom stereocenters. The molecule has 0 aliphatic carbocycles. The van der Waals surface area contributed by atoms with Gasteiger partial charge >= 0.3 is 6.03 Å². The Morgan fingerprint density at radius 3 is 2.90 bits per heavy atom. The molecule has 0 radical (unpaired) electrons. The maximum atomic E-state index is 13.5. The lowest BCUT2D eigenvalue weighted by Crippen LogP contribution is -2.31. The van der Waals surface area contributed by atoms with Gasteiger partial charge in [-0.05, 0) is 32.0 Å². The highest BCUT2D eigenvalue weighted by molar-refractivity contribution is 6.30. The monoisotopic (exact) mass is 298 g/mol. The SMILES string of the molecule is Cc1noc([C@@H](C)NC(=O)Nc2cc(Cl)ccc2F)n1. The number of nitrogens with one attached hydrogen (secondary N) is 2. The molecule has 0 saturated carbocycles. The Morgan fingerprint density at radius 2 is 2.25 bits per heavy atom. The van der Waals surface area contributed by atoms with Crippen LogP contribution in [0.25, 0.3) is 0 Å². The van der Waals surface area contributed by atoms with E-state index < -0.39 is 17.9 Å². The summed E-state index contributed by atoms with van der Waals surface area (Å²) in [6, 6.07) is 2.78. The van der Waals surface area contributed by atoms with E-state index in [0.29, 0.717) is 10.8 Å². The zero-order valence-corrected chi connectivity index (χ0v) is 11.5. The van der Waals surface area contributed by atoms with Crippen LogP contribution >= 0.6 is 11.6 Å². The Hall–Kier alpha value is -2.15. The van der Waals surface area contributed by atoms with E-state index >= 15 is 0 Å². The molecule has 106 valence electrons. The molecule has 0 fully saturated rings. The van der Waals surface area contributed by atoms with Crippen LogP contribution < -0.4 is 10.6 Å². The Labute approximate surface area is 119 Å². The van der Waals surface area contributed by atoms with Crippen molar-refractivity contribution in [3.05, 3.63) is 40.8 Å². The first-order valence-electron chi connectivity index (χ1n) is 5.78. The molecule has 2 N–H and O–H groups in total. The smallest absolute Gasteiger partial charge is 0.319 e. The maximum absolute atomic E-state index is 13.5. The first-order valence-corrected chi connectivity index (χ1v) is 6.16. The normalized spacial score (nSPS) is 12.0. The Kier molecular flexibility index (Phi) is 4.19. The number of benzene rings is 1. The molecule has 2 aromatic rings. The van der Waals surface area contributed by atoms with Gasteiger partial charge in [0.25, 0.3) is 0 Å². The van der Waals surface area contributed by atoms with Crippen LogP contribution in [0.1, 0.15) is 24.7 Å². The average Bonchev–Trinajstić information content (AvgIpc) is 2.80. The van der Waals surface area contributed by atoms with Gasteiger partial charge in [-0.1, -0.05) is 16.8 Å². The van der Waals surface area contributed by atoms with Crippen LogP contribution in [0.3, 0.4) is 0 Å². The molecular weight excluding hydrogens is 287 g/mol. The van der Waals surface area contributed by atoms with Gasteiger partial charge in [-0.15, -0.1) is 0 Å². The summed E-state index contributed by atoms with van der Waals surface area (Å²) in [6.45, 7) is 3.34. The predicted octanol–water partition coefficient (Wildman–Crippen LogP) is 3.05. The molecular formula is C12H12ClFN4O2. The average molecular weight is 299 g/mol. The topological polar surface area (TPSA) is 80.0 Å². The van der Waals surface area contributed by atoms with Crippen LogP contribution in [-0.4, -0.2) is 16.2 Å². The van der Waals surface area contributed by atoms with Gasteiger partial charge in [0.05, 0.1) is 5.69 Å². The van der Waals surface area contributed by atoms with Crippen molar-refractivity contribution >= 4 is 23.3 Å². The lowest BCUT2D eigenvalue weighted by atomic mass is 10.3. The standard InChI is InChI=1S/C12H12ClFN4O2/c1-6(11-16-7(2)18-20-11)15-12(19)17-10-5-8(13)3-4-9(10)14/h3-6H,1-2H3,(H2,15,17,19)/t6-/m1/s1. The number of aromatic nitrogens is 2. The van der Waals surface area contributed by atoms with E-state index in [4.69, 9.17) is 16.1 Å². The largest absolute Gasteiger partial charge is 0.337 e. The van der Waals surface area contributed by atoms with Crippen LogP contribution in [0, 0.1) is 12.7 Å². The first-order chi connectivity index (χ1) is 9.45. The van der Waals surface area contributed by atoms with Gasteiger partial charge in [0, 0.05) is 5.02 Å². The van der Waals surface area contributed by atoms with Crippen molar-refractivity contribution in [1.29, 1.82) is 0 Å². The lowest BCUT2D eigenvalue weighted by molar-refractivity contribution is 0.245. The summed E-state index contributed by atoms with van der Waals surface area (Å²) in [5, 5.41) is 8.85. The second-order valence-electron chi connectivity index (χ2n) is 4.12. The van der Waals surface area contributed by atoms with E-state index in [1.807, 2.05) is 0 Å². The fraction of sp³-hybridized carbons (Fsp3) is 0.250. The van der Waals surface area contributed by atoms with Crippen molar-refractivity contribution in [2.75, 3.05) is 5.32 Å². The number of halogens is 2. The quantitative estimate of drug-likeness (QED) is 0.912. The maximum Gasteiger partial charge on any atom is 0.319 e. The number of rotatable bonds is 3. The zero-order valence-electron chi connectivity index (χ0n) is 10.8. The molecule has 1 aromatic carbocycles. The second kappa shape index (κ2) is 5.87. The number of urea groups is 1. The van der Waals surface area contributed by atoms with Gasteiger partial charge in [-0.25, -0.2) is 9.18 Å². The Morgan fingerprint density at radius 1 is 1.50 bits per heavy atom. The number of aryl methyl sites for hydroxylation is 1. The summed E-state index contributed by atoms with van der Waals surface area (Å²) < 4.78 is 18.4. The van der Waals surface area contributed by atoms with E-state index in [1.54, 1.807) is 13.8 Å². The van der Waals surface area contributed by atoms with Crippen LogP contribution in [0.15, 0.2) is 22.7 Å². The molecule has 2 amide bonds. The Balaban J connectivity index is 2.00. The molecule has 2 rings (SSSR count). The summed E-state index contributed by atoms with van der Waals surface area (Å²) in [7, 11) is 0. The van der Waals surface area contributed by atoms with E-state index in [0.717, 1.165) is 0 Å². The third-order valence-electron chi connectivity index (χ3n) is 2.44. The van der Waals surface area contributed by atoms with Crippen molar-refractivity contribution in [3.63, 3.8) is 0 Å². The number of carbonyl (C=O) groups is 1. The van der Waals surface area contributed by atoms with Gasteiger partial charge < -0.3 is 15.2 Å². The minimum Gasteiger partial charge on any atom is -0.337 e. The third kappa shape index (κ3) is 3.45. The van der Waals surface area contributed by atoms with Crippen LogP contribution in [0.2, 0.25) is 5.02 Å². The molecule has 1 atom stereocenters. The highest BCUT2D eigenvalue weighted by Gasteiger charge is 2.16. The predicted molar refractivity (Wildman–Crippen MR) is 71.0 cm³/mol. The molecule has 8 heteroatoms. The van der Waals surface area contributed by atoms with Crippen molar-refractivity contribution in [1.82, 2.24) is 15.5 Å². The number of nitrogens with zero attached hydrogens (tertiary/aromatic N) is 2. The van der Waals surface area contributed by atoms with Crippen LogP contribution in [0.4, 0.5) is 14.9 Å². The number of carbonyl (C=O) groups excluding carboxylic acids is 1. The molecule has 20 heavy (non-hydrogen) atoms. The van der Waals surface area contributed by atoms with Crippen molar-refractivity contribution in [3.8, 4) is 0 Å². The second-order valence-corrected chi connectivity index (χ2v) is 4.56. The summed E-state index contributed by atoms with van der Waals surface area (Å²) in [6.07, 6.45) is 0. The summed E-state index contributed by atoms with van der Waals surface area (Å²) in [5.41, 5.74) is -0.0103. The summed E-state index contributed by atoms with van der Waals surface area (Å²) >= 11 is 5.73. The molecule has 1 heterocycles. The Bertz CT molecular complexity index is 632. The van der Waals surface area contributed by atoms with Crippen molar-refractivity contribution < 1.29 is 13.7 Å². The van der Waals surface area contributed by atoms with Gasteiger partial charge in [0.1, 0.15) is 11.9 Å². The number of hydrogen-bond donors (Lipinski definition) is 2. The lowest BCUT2D eigenvalue weighted by Gasteiger charge is -2.11. The number of amides is 2. The van der Waals surface area contributed by atoms with Gasteiger partial charge in [0.2, 0.25) is 5.89 Å². The molecule has 1 aromatic heterocycles. The molecule has 0 spiro atoms. The van der Waals surface area contributed by atoms with Gasteiger partial charge in [0.15, 0.2) is 5.82 Å². The fourth-order valence-electron chi connectivity index (χ4n) is 1.50. The summed E-state index contributed by atoms with van der Waals surface area (Å²) in [5.74, 6) is 0.157. The highest BCUT2D eigenvalue weighted by atomic mass is 35.5. The van der Waals surface area contributed by atoms with Crippen molar-refractivity contribution in [2.45, 2.75) is 19.9 Å².